The van der Waals surface area contributed by atoms with E-state index in [1.807, 2.05) is 60.7 Å². The molecular weight excluding hydrogens is 340 g/mol. The molecule has 3 aromatic rings. The van der Waals surface area contributed by atoms with Gasteiger partial charge in [-0.25, -0.2) is 5.43 Å². The van der Waals surface area contributed by atoms with Crippen molar-refractivity contribution in [2.45, 2.75) is 4.34 Å². The van der Waals surface area contributed by atoms with Gasteiger partial charge in [0.2, 0.25) is 0 Å². The largest absolute Gasteiger partial charge is 0.272 e. The summed E-state index contributed by atoms with van der Waals surface area (Å²) < 4.78 is 0.760. The van der Waals surface area contributed by atoms with Crippen molar-refractivity contribution in [1.29, 1.82) is 0 Å². The average molecular weight is 354 g/mol. The predicted molar refractivity (Wildman–Crippen MR) is 98.2 cm³/mol. The van der Waals surface area contributed by atoms with Gasteiger partial charge in [0.1, 0.15) is 5.01 Å². The van der Waals surface area contributed by atoms with Gasteiger partial charge < -0.3 is 0 Å². The van der Waals surface area contributed by atoms with E-state index >= 15 is 0 Å². The molecule has 1 aromatic heterocycles. The van der Waals surface area contributed by atoms with Crippen LogP contribution in [0.1, 0.15) is 5.56 Å². The summed E-state index contributed by atoms with van der Waals surface area (Å²) in [4.78, 5) is 11.8. The summed E-state index contributed by atoms with van der Waals surface area (Å²) in [5.41, 5.74) is 4.47. The van der Waals surface area contributed by atoms with Gasteiger partial charge in [0.05, 0.1) is 12.0 Å². The summed E-state index contributed by atoms with van der Waals surface area (Å²) in [7, 11) is 0. The molecule has 5 nitrogen and oxygen atoms in total. The molecule has 7 heteroatoms. The normalized spacial score (nSPS) is 10.8. The highest BCUT2D eigenvalue weighted by atomic mass is 32.2. The monoisotopic (exact) mass is 354 g/mol. The van der Waals surface area contributed by atoms with E-state index in [1.54, 1.807) is 6.21 Å². The molecule has 0 aliphatic carbocycles. The number of nitrogens with one attached hydrogen (secondary N) is 1. The van der Waals surface area contributed by atoms with Gasteiger partial charge in [0.15, 0.2) is 4.34 Å². The Balaban J connectivity index is 1.48. The Labute approximate surface area is 147 Å². The van der Waals surface area contributed by atoms with Crippen molar-refractivity contribution in [3.8, 4) is 10.6 Å². The zero-order valence-electron chi connectivity index (χ0n) is 12.6. The quantitative estimate of drug-likeness (QED) is 0.418. The third-order valence-electron chi connectivity index (χ3n) is 2.96. The highest BCUT2D eigenvalue weighted by Gasteiger charge is 2.08. The molecule has 0 atom stereocenters. The minimum absolute atomic E-state index is 0.177. The van der Waals surface area contributed by atoms with Gasteiger partial charge >= 0.3 is 0 Å². The van der Waals surface area contributed by atoms with Crippen LogP contribution in [-0.4, -0.2) is 28.1 Å². The van der Waals surface area contributed by atoms with Crippen LogP contribution in [-0.2, 0) is 4.79 Å². The second kappa shape index (κ2) is 8.37. The number of rotatable bonds is 6. The third kappa shape index (κ3) is 4.74. The number of carbonyl (C=O) groups is 1. The van der Waals surface area contributed by atoms with Gasteiger partial charge in [-0.3, -0.25) is 4.79 Å². The van der Waals surface area contributed by atoms with Crippen molar-refractivity contribution in [2.24, 2.45) is 5.10 Å². The Hall–Kier alpha value is -2.51. The average Bonchev–Trinajstić information content (AvgIpc) is 3.11. The van der Waals surface area contributed by atoms with Crippen LogP contribution in [0.5, 0.6) is 0 Å². The molecule has 0 radical (unpaired) electrons. The lowest BCUT2D eigenvalue weighted by molar-refractivity contribution is -0.118. The molecule has 0 aliphatic heterocycles. The molecule has 0 saturated heterocycles. The third-order valence-corrected chi connectivity index (χ3v) is 5.06. The zero-order valence-corrected chi connectivity index (χ0v) is 14.3. The number of hydrazone groups is 1. The molecular formula is C17H14N4OS2. The molecule has 2 aromatic carbocycles. The van der Waals surface area contributed by atoms with Crippen molar-refractivity contribution >= 4 is 35.2 Å². The molecule has 3 rings (SSSR count). The van der Waals surface area contributed by atoms with Gasteiger partial charge in [-0.2, -0.15) is 5.10 Å². The van der Waals surface area contributed by atoms with Crippen molar-refractivity contribution in [2.75, 3.05) is 5.75 Å². The molecule has 1 N–H and O–H groups in total. The van der Waals surface area contributed by atoms with Crippen LogP contribution >= 0.6 is 23.1 Å². The lowest BCUT2D eigenvalue weighted by Gasteiger charge is -1.97. The summed E-state index contributed by atoms with van der Waals surface area (Å²) in [6, 6.07) is 19.4. The first kappa shape index (κ1) is 16.4. The fourth-order valence-electron chi connectivity index (χ4n) is 1.84. The van der Waals surface area contributed by atoms with E-state index in [2.05, 4.69) is 20.7 Å². The van der Waals surface area contributed by atoms with E-state index < -0.39 is 0 Å². The van der Waals surface area contributed by atoms with Gasteiger partial charge in [-0.05, 0) is 5.56 Å². The van der Waals surface area contributed by atoms with Crippen LogP contribution in [0.4, 0.5) is 0 Å². The first-order valence-electron chi connectivity index (χ1n) is 7.20. The topological polar surface area (TPSA) is 67.2 Å². The summed E-state index contributed by atoms with van der Waals surface area (Å²) in [6.45, 7) is 0. The van der Waals surface area contributed by atoms with Gasteiger partial charge in [-0.1, -0.05) is 83.8 Å². The Bertz CT molecular complexity index is 819. The highest BCUT2D eigenvalue weighted by Crippen LogP contribution is 2.28. The number of nitrogens with zero attached hydrogens (tertiary/aromatic N) is 3. The maximum Gasteiger partial charge on any atom is 0.250 e. The first-order valence-corrected chi connectivity index (χ1v) is 9.00. The minimum atomic E-state index is -0.177. The van der Waals surface area contributed by atoms with Crippen molar-refractivity contribution in [3.63, 3.8) is 0 Å². The zero-order chi connectivity index (χ0) is 16.6. The van der Waals surface area contributed by atoms with Crippen molar-refractivity contribution in [3.05, 3.63) is 66.2 Å². The van der Waals surface area contributed by atoms with Crippen LogP contribution < -0.4 is 5.43 Å². The number of hydrogen-bond donors (Lipinski definition) is 1. The molecule has 0 spiro atoms. The summed E-state index contributed by atoms with van der Waals surface area (Å²) in [5, 5.41) is 13.0. The minimum Gasteiger partial charge on any atom is -0.272 e. The number of carbonyl (C=O) groups excluding carboxylic acids is 1. The summed E-state index contributed by atoms with van der Waals surface area (Å²) in [5.74, 6) is 0.0684. The van der Waals surface area contributed by atoms with E-state index in [-0.39, 0.29) is 11.7 Å². The van der Waals surface area contributed by atoms with E-state index in [0.29, 0.717) is 0 Å². The van der Waals surface area contributed by atoms with Crippen LogP contribution in [0.25, 0.3) is 10.6 Å². The SMILES string of the molecule is O=C(CSc1nnc(-c2ccccc2)s1)NN=Cc1ccccc1. The molecule has 1 heterocycles. The number of amides is 1. The fraction of sp³-hybridized carbons (Fsp3) is 0.0588. The number of benzene rings is 2. The van der Waals surface area contributed by atoms with Crippen LogP contribution in [0.15, 0.2) is 70.1 Å². The Morgan fingerprint density at radius 3 is 2.54 bits per heavy atom. The van der Waals surface area contributed by atoms with Gasteiger partial charge in [0.25, 0.3) is 5.91 Å². The number of aromatic nitrogens is 2. The van der Waals surface area contributed by atoms with E-state index in [0.717, 1.165) is 20.5 Å². The molecule has 120 valence electrons. The Morgan fingerprint density at radius 1 is 1.08 bits per heavy atom. The molecule has 0 bridgehead atoms. The standard InChI is InChI=1S/C17H14N4OS2/c22-15(19-18-11-13-7-3-1-4-8-13)12-23-17-21-20-16(24-17)14-9-5-2-6-10-14/h1-11H,12H2,(H,19,22). The lowest BCUT2D eigenvalue weighted by atomic mass is 10.2. The maximum absolute atomic E-state index is 11.8. The Morgan fingerprint density at radius 2 is 1.79 bits per heavy atom. The van der Waals surface area contributed by atoms with Gasteiger partial charge in [0, 0.05) is 5.56 Å². The summed E-state index contributed by atoms with van der Waals surface area (Å²) in [6.07, 6.45) is 1.61. The van der Waals surface area contributed by atoms with Crippen molar-refractivity contribution < 1.29 is 4.79 Å². The van der Waals surface area contributed by atoms with E-state index in [9.17, 15) is 4.79 Å². The smallest absolute Gasteiger partial charge is 0.250 e. The van der Waals surface area contributed by atoms with E-state index in [4.69, 9.17) is 0 Å². The Kier molecular flexibility index (Phi) is 5.70. The van der Waals surface area contributed by atoms with Crippen LogP contribution in [0.3, 0.4) is 0 Å². The highest BCUT2D eigenvalue weighted by molar-refractivity contribution is 8.01. The molecule has 1 amide bonds. The molecule has 0 saturated carbocycles. The van der Waals surface area contributed by atoms with Crippen molar-refractivity contribution in [1.82, 2.24) is 15.6 Å². The number of hydrogen-bond acceptors (Lipinski definition) is 6. The predicted octanol–water partition coefficient (Wildman–Crippen LogP) is 3.45. The van der Waals surface area contributed by atoms with Gasteiger partial charge in [-0.15, -0.1) is 10.2 Å². The molecule has 0 aliphatic rings. The fourth-order valence-corrected chi connectivity index (χ4v) is 3.49. The second-order valence-electron chi connectivity index (χ2n) is 4.73. The van der Waals surface area contributed by atoms with Crippen LogP contribution in [0, 0.1) is 0 Å². The van der Waals surface area contributed by atoms with Crippen LogP contribution in [0.2, 0.25) is 0 Å². The maximum atomic E-state index is 11.8. The number of thioether (sulfide) groups is 1. The van der Waals surface area contributed by atoms with E-state index in [1.165, 1.54) is 23.1 Å². The molecule has 0 fully saturated rings. The summed E-state index contributed by atoms with van der Waals surface area (Å²) >= 11 is 2.82. The second-order valence-corrected chi connectivity index (χ2v) is 6.93. The molecule has 0 unspecified atom stereocenters. The lowest BCUT2D eigenvalue weighted by Crippen LogP contribution is -2.19. The first-order chi connectivity index (χ1) is 11.8. The molecule has 24 heavy (non-hydrogen) atoms.